The first kappa shape index (κ1) is 16.4. The van der Waals surface area contributed by atoms with Crippen LogP contribution in [0.4, 0.5) is 0 Å². The van der Waals surface area contributed by atoms with Crippen LogP contribution in [0.3, 0.4) is 0 Å². The van der Waals surface area contributed by atoms with Gasteiger partial charge in [0.15, 0.2) is 0 Å². The van der Waals surface area contributed by atoms with Crippen molar-refractivity contribution in [3.05, 3.63) is 0 Å². The standard InChI is InChI=1S/C15H31N3O/c1-4-8-15(9-11-16-13-15)14(19)17-10-7-12-18(5-2)6-3/h16H,4-13H2,1-3H3,(H,17,19). The van der Waals surface area contributed by atoms with Gasteiger partial charge < -0.3 is 15.5 Å². The number of rotatable bonds is 9. The number of hydrogen-bond donors (Lipinski definition) is 2. The van der Waals surface area contributed by atoms with E-state index >= 15 is 0 Å². The molecule has 1 amide bonds. The minimum Gasteiger partial charge on any atom is -0.356 e. The molecule has 0 spiro atoms. The first-order valence-corrected chi connectivity index (χ1v) is 7.90. The maximum atomic E-state index is 12.4. The highest BCUT2D eigenvalue weighted by molar-refractivity contribution is 5.83. The molecule has 1 aliphatic rings. The van der Waals surface area contributed by atoms with Crippen molar-refractivity contribution in [3.63, 3.8) is 0 Å². The summed E-state index contributed by atoms with van der Waals surface area (Å²) in [6.07, 6.45) is 4.11. The Bertz CT molecular complexity index is 258. The van der Waals surface area contributed by atoms with Crippen molar-refractivity contribution in [3.8, 4) is 0 Å². The first-order chi connectivity index (χ1) is 9.18. The number of amides is 1. The fourth-order valence-electron chi connectivity index (χ4n) is 2.97. The molecule has 0 radical (unpaired) electrons. The summed E-state index contributed by atoms with van der Waals surface area (Å²) in [5, 5.41) is 6.48. The second-order valence-corrected chi connectivity index (χ2v) is 5.59. The lowest BCUT2D eigenvalue weighted by atomic mass is 9.81. The van der Waals surface area contributed by atoms with Crippen LogP contribution in [-0.4, -0.2) is 50.1 Å². The maximum Gasteiger partial charge on any atom is 0.227 e. The lowest BCUT2D eigenvalue weighted by molar-refractivity contribution is -0.130. The van der Waals surface area contributed by atoms with Crippen molar-refractivity contribution in [2.24, 2.45) is 5.41 Å². The molecule has 0 aromatic rings. The lowest BCUT2D eigenvalue weighted by Gasteiger charge is -2.26. The SMILES string of the molecule is CCCC1(C(=O)NCCCN(CC)CC)CCNC1. The quantitative estimate of drug-likeness (QED) is 0.625. The molecule has 1 rings (SSSR count). The predicted molar refractivity (Wildman–Crippen MR) is 80.2 cm³/mol. The Morgan fingerprint density at radius 1 is 1.32 bits per heavy atom. The number of carbonyl (C=O) groups is 1. The van der Waals surface area contributed by atoms with Crippen molar-refractivity contribution < 1.29 is 4.79 Å². The smallest absolute Gasteiger partial charge is 0.227 e. The minimum atomic E-state index is -0.135. The fourth-order valence-corrected chi connectivity index (χ4v) is 2.97. The van der Waals surface area contributed by atoms with Gasteiger partial charge in [0.05, 0.1) is 5.41 Å². The molecular weight excluding hydrogens is 238 g/mol. The summed E-state index contributed by atoms with van der Waals surface area (Å²) >= 11 is 0. The van der Waals surface area contributed by atoms with E-state index < -0.39 is 0 Å². The highest BCUT2D eigenvalue weighted by Gasteiger charge is 2.39. The van der Waals surface area contributed by atoms with Gasteiger partial charge in [0.25, 0.3) is 0 Å². The predicted octanol–water partition coefficient (Wildman–Crippen LogP) is 1.61. The summed E-state index contributed by atoms with van der Waals surface area (Å²) in [4.78, 5) is 14.8. The van der Waals surface area contributed by atoms with Gasteiger partial charge in [-0.15, -0.1) is 0 Å². The van der Waals surface area contributed by atoms with Gasteiger partial charge in [-0.1, -0.05) is 27.2 Å². The number of nitrogens with zero attached hydrogens (tertiary/aromatic N) is 1. The van der Waals surface area contributed by atoms with Gasteiger partial charge in [-0.2, -0.15) is 0 Å². The summed E-state index contributed by atoms with van der Waals surface area (Å²) in [7, 11) is 0. The molecule has 1 atom stereocenters. The summed E-state index contributed by atoms with van der Waals surface area (Å²) in [5.74, 6) is 0.263. The molecule has 0 saturated carbocycles. The second-order valence-electron chi connectivity index (χ2n) is 5.59. The third kappa shape index (κ3) is 4.77. The van der Waals surface area contributed by atoms with E-state index in [-0.39, 0.29) is 11.3 Å². The second kappa shape index (κ2) is 8.54. The van der Waals surface area contributed by atoms with E-state index in [0.29, 0.717) is 0 Å². The monoisotopic (exact) mass is 269 g/mol. The van der Waals surface area contributed by atoms with Crippen LogP contribution >= 0.6 is 0 Å². The van der Waals surface area contributed by atoms with Gasteiger partial charge in [0.2, 0.25) is 5.91 Å². The molecule has 112 valence electrons. The Morgan fingerprint density at radius 3 is 2.58 bits per heavy atom. The van der Waals surface area contributed by atoms with Crippen LogP contribution in [0, 0.1) is 5.41 Å². The zero-order chi connectivity index (χ0) is 14.1. The van der Waals surface area contributed by atoms with Crippen molar-refractivity contribution in [1.29, 1.82) is 0 Å². The zero-order valence-corrected chi connectivity index (χ0v) is 12.9. The highest BCUT2D eigenvalue weighted by atomic mass is 16.2. The van der Waals surface area contributed by atoms with Crippen LogP contribution in [0.15, 0.2) is 0 Å². The third-order valence-corrected chi connectivity index (χ3v) is 4.29. The summed E-state index contributed by atoms with van der Waals surface area (Å²) in [6.45, 7) is 12.4. The normalized spacial score (nSPS) is 22.9. The molecule has 0 aromatic heterocycles. The molecule has 1 unspecified atom stereocenters. The Morgan fingerprint density at radius 2 is 2.05 bits per heavy atom. The van der Waals surface area contributed by atoms with Gasteiger partial charge in [-0.3, -0.25) is 4.79 Å². The van der Waals surface area contributed by atoms with E-state index in [1.807, 2.05) is 0 Å². The molecule has 4 nitrogen and oxygen atoms in total. The van der Waals surface area contributed by atoms with Crippen LogP contribution in [0.2, 0.25) is 0 Å². The first-order valence-electron chi connectivity index (χ1n) is 7.90. The van der Waals surface area contributed by atoms with E-state index in [4.69, 9.17) is 0 Å². The minimum absolute atomic E-state index is 0.135. The van der Waals surface area contributed by atoms with Crippen LogP contribution < -0.4 is 10.6 Å². The van der Waals surface area contributed by atoms with Crippen molar-refractivity contribution in [2.45, 2.75) is 46.5 Å². The number of hydrogen-bond acceptors (Lipinski definition) is 3. The Labute approximate surface area is 118 Å². The lowest BCUT2D eigenvalue weighted by Crippen LogP contribution is -2.43. The average molecular weight is 269 g/mol. The fraction of sp³-hybridized carbons (Fsp3) is 0.933. The Kier molecular flexibility index (Phi) is 7.39. The number of carbonyl (C=O) groups excluding carboxylic acids is 1. The summed E-state index contributed by atoms with van der Waals surface area (Å²) in [5.41, 5.74) is -0.135. The summed E-state index contributed by atoms with van der Waals surface area (Å²) in [6, 6.07) is 0. The highest BCUT2D eigenvalue weighted by Crippen LogP contribution is 2.31. The molecule has 4 heteroatoms. The molecule has 1 heterocycles. The third-order valence-electron chi connectivity index (χ3n) is 4.29. The van der Waals surface area contributed by atoms with E-state index in [1.54, 1.807) is 0 Å². The maximum absolute atomic E-state index is 12.4. The molecule has 0 bridgehead atoms. The zero-order valence-electron chi connectivity index (χ0n) is 12.9. The van der Waals surface area contributed by atoms with Crippen LogP contribution in [0.1, 0.15) is 46.5 Å². The molecule has 1 fully saturated rings. The van der Waals surface area contributed by atoms with E-state index in [1.165, 1.54) is 0 Å². The number of nitrogens with one attached hydrogen (secondary N) is 2. The molecule has 0 aliphatic carbocycles. The van der Waals surface area contributed by atoms with E-state index in [0.717, 1.165) is 65.0 Å². The summed E-state index contributed by atoms with van der Waals surface area (Å²) < 4.78 is 0. The van der Waals surface area contributed by atoms with Crippen molar-refractivity contribution >= 4 is 5.91 Å². The largest absolute Gasteiger partial charge is 0.356 e. The van der Waals surface area contributed by atoms with Crippen LogP contribution in [-0.2, 0) is 4.79 Å². The van der Waals surface area contributed by atoms with Gasteiger partial charge in [0, 0.05) is 13.1 Å². The average Bonchev–Trinajstić information content (AvgIpc) is 2.89. The van der Waals surface area contributed by atoms with Gasteiger partial charge in [0.1, 0.15) is 0 Å². The van der Waals surface area contributed by atoms with Crippen molar-refractivity contribution in [1.82, 2.24) is 15.5 Å². The molecular formula is C15H31N3O. The molecule has 2 N–H and O–H groups in total. The van der Waals surface area contributed by atoms with Gasteiger partial charge in [-0.05, 0) is 45.4 Å². The molecule has 0 aromatic carbocycles. The molecule has 1 saturated heterocycles. The Hall–Kier alpha value is -0.610. The molecule has 19 heavy (non-hydrogen) atoms. The van der Waals surface area contributed by atoms with Gasteiger partial charge in [-0.25, -0.2) is 0 Å². The Balaban J connectivity index is 2.29. The van der Waals surface area contributed by atoms with Crippen LogP contribution in [0.25, 0.3) is 0 Å². The van der Waals surface area contributed by atoms with Gasteiger partial charge >= 0.3 is 0 Å². The molecule has 1 aliphatic heterocycles. The van der Waals surface area contributed by atoms with Crippen LogP contribution in [0.5, 0.6) is 0 Å². The topological polar surface area (TPSA) is 44.4 Å². The van der Waals surface area contributed by atoms with E-state index in [2.05, 4.69) is 36.3 Å². The van der Waals surface area contributed by atoms with Crippen molar-refractivity contribution in [2.75, 3.05) is 39.3 Å². The van der Waals surface area contributed by atoms with E-state index in [9.17, 15) is 4.79 Å².